The first-order valence-electron chi connectivity index (χ1n) is 9.10. The molecule has 0 aliphatic rings. The fourth-order valence-corrected chi connectivity index (χ4v) is 2.80. The average molecular weight is 376 g/mol. The van der Waals surface area contributed by atoms with E-state index in [1.165, 1.54) is 12.5 Å². The number of amides is 1. The van der Waals surface area contributed by atoms with Crippen LogP contribution in [0.4, 0.5) is 23.0 Å². The van der Waals surface area contributed by atoms with Crippen molar-refractivity contribution in [3.05, 3.63) is 66.2 Å². The summed E-state index contributed by atoms with van der Waals surface area (Å²) in [4.78, 5) is 26.4. The van der Waals surface area contributed by atoms with E-state index in [2.05, 4.69) is 30.5 Å². The lowest BCUT2D eigenvalue weighted by Gasteiger charge is -2.19. The van der Waals surface area contributed by atoms with Gasteiger partial charge in [0, 0.05) is 50.4 Å². The Hall–Kier alpha value is -3.48. The van der Waals surface area contributed by atoms with Gasteiger partial charge in [0.15, 0.2) is 0 Å². The molecule has 2 aromatic heterocycles. The Kier molecular flexibility index (Phi) is 6.16. The molecular formula is C21H24N6O. The molecule has 0 saturated heterocycles. The van der Waals surface area contributed by atoms with Gasteiger partial charge in [-0.3, -0.25) is 9.78 Å². The normalized spacial score (nSPS) is 10.4. The largest absolute Gasteiger partial charge is 0.359 e. The number of nitrogens with one attached hydrogen (secondary N) is 2. The number of pyridine rings is 1. The molecule has 0 spiro atoms. The lowest BCUT2D eigenvalue weighted by atomic mass is 10.2. The SMILES string of the molecule is CC(=O)Nc1cccc(Nc2cc(N(C)CCc3ccncc3)nc(C)n2)c1. The Labute approximate surface area is 164 Å². The molecule has 28 heavy (non-hydrogen) atoms. The van der Waals surface area contributed by atoms with Crippen molar-refractivity contribution in [2.24, 2.45) is 0 Å². The van der Waals surface area contributed by atoms with Gasteiger partial charge >= 0.3 is 0 Å². The molecule has 0 saturated carbocycles. The summed E-state index contributed by atoms with van der Waals surface area (Å²) in [6, 6.07) is 13.5. The summed E-state index contributed by atoms with van der Waals surface area (Å²) in [7, 11) is 2.02. The van der Waals surface area contributed by atoms with Gasteiger partial charge < -0.3 is 15.5 Å². The van der Waals surface area contributed by atoms with Crippen LogP contribution in [0.15, 0.2) is 54.9 Å². The number of hydrogen-bond acceptors (Lipinski definition) is 6. The number of nitrogens with zero attached hydrogens (tertiary/aromatic N) is 4. The number of aromatic nitrogens is 3. The Morgan fingerprint density at radius 2 is 1.82 bits per heavy atom. The Bertz CT molecular complexity index is 945. The zero-order chi connectivity index (χ0) is 19.9. The van der Waals surface area contributed by atoms with E-state index < -0.39 is 0 Å². The van der Waals surface area contributed by atoms with Crippen LogP contribution in [-0.4, -0.2) is 34.5 Å². The van der Waals surface area contributed by atoms with E-state index in [4.69, 9.17) is 0 Å². The maximum absolute atomic E-state index is 11.2. The molecule has 0 bridgehead atoms. The van der Waals surface area contributed by atoms with Crippen LogP contribution in [0.5, 0.6) is 0 Å². The molecule has 2 heterocycles. The van der Waals surface area contributed by atoms with E-state index in [9.17, 15) is 4.79 Å². The highest BCUT2D eigenvalue weighted by Crippen LogP contribution is 2.22. The van der Waals surface area contributed by atoms with Crippen LogP contribution in [0.3, 0.4) is 0 Å². The molecule has 3 rings (SSSR count). The highest BCUT2D eigenvalue weighted by molar-refractivity contribution is 5.89. The van der Waals surface area contributed by atoms with Gasteiger partial charge in [0.1, 0.15) is 17.5 Å². The summed E-state index contributed by atoms with van der Waals surface area (Å²) in [6.07, 6.45) is 4.52. The van der Waals surface area contributed by atoms with E-state index in [0.717, 1.165) is 30.2 Å². The summed E-state index contributed by atoms with van der Waals surface area (Å²) in [6.45, 7) is 4.19. The van der Waals surface area contributed by atoms with Crippen LogP contribution in [-0.2, 0) is 11.2 Å². The maximum atomic E-state index is 11.2. The summed E-state index contributed by atoms with van der Waals surface area (Å²) >= 11 is 0. The Morgan fingerprint density at radius 3 is 2.57 bits per heavy atom. The third-order valence-electron chi connectivity index (χ3n) is 4.16. The van der Waals surface area contributed by atoms with Crippen molar-refractivity contribution in [1.29, 1.82) is 0 Å². The van der Waals surface area contributed by atoms with Gasteiger partial charge in [0.2, 0.25) is 5.91 Å². The van der Waals surface area contributed by atoms with Gasteiger partial charge in [-0.2, -0.15) is 0 Å². The van der Waals surface area contributed by atoms with Crippen LogP contribution in [0.1, 0.15) is 18.3 Å². The zero-order valence-corrected chi connectivity index (χ0v) is 16.3. The smallest absolute Gasteiger partial charge is 0.221 e. The molecule has 0 fully saturated rings. The van der Waals surface area contributed by atoms with Crippen molar-refractivity contribution in [2.45, 2.75) is 20.3 Å². The minimum absolute atomic E-state index is 0.104. The monoisotopic (exact) mass is 376 g/mol. The van der Waals surface area contributed by atoms with E-state index in [0.29, 0.717) is 11.6 Å². The number of hydrogen-bond donors (Lipinski definition) is 2. The van der Waals surface area contributed by atoms with Gasteiger partial charge in [-0.1, -0.05) is 6.07 Å². The van der Waals surface area contributed by atoms with Crippen LogP contribution >= 0.6 is 0 Å². The number of anilines is 4. The van der Waals surface area contributed by atoms with Crippen molar-refractivity contribution >= 4 is 28.9 Å². The summed E-state index contributed by atoms with van der Waals surface area (Å²) in [5, 5.41) is 6.07. The van der Waals surface area contributed by atoms with Gasteiger partial charge in [0.05, 0.1) is 0 Å². The highest BCUT2D eigenvalue weighted by Gasteiger charge is 2.08. The van der Waals surface area contributed by atoms with E-state index >= 15 is 0 Å². The molecule has 7 heteroatoms. The lowest BCUT2D eigenvalue weighted by molar-refractivity contribution is -0.114. The van der Waals surface area contributed by atoms with Gasteiger partial charge in [-0.15, -0.1) is 0 Å². The molecule has 1 aromatic carbocycles. The van der Waals surface area contributed by atoms with Crippen molar-refractivity contribution in [3.63, 3.8) is 0 Å². The third kappa shape index (κ3) is 5.51. The molecule has 7 nitrogen and oxygen atoms in total. The lowest BCUT2D eigenvalue weighted by Crippen LogP contribution is -2.22. The number of rotatable bonds is 7. The van der Waals surface area contributed by atoms with Crippen molar-refractivity contribution < 1.29 is 4.79 Å². The zero-order valence-electron chi connectivity index (χ0n) is 16.3. The molecule has 2 N–H and O–H groups in total. The molecule has 0 aliphatic carbocycles. The minimum atomic E-state index is -0.104. The molecule has 1 amide bonds. The Morgan fingerprint density at radius 1 is 1.07 bits per heavy atom. The summed E-state index contributed by atoms with van der Waals surface area (Å²) < 4.78 is 0. The van der Waals surface area contributed by atoms with Gasteiger partial charge in [0.25, 0.3) is 0 Å². The van der Waals surface area contributed by atoms with Crippen molar-refractivity contribution in [1.82, 2.24) is 15.0 Å². The third-order valence-corrected chi connectivity index (χ3v) is 4.16. The molecular weight excluding hydrogens is 352 g/mol. The predicted octanol–water partition coefficient (Wildman–Crippen LogP) is 3.56. The number of aryl methyl sites for hydroxylation is 1. The van der Waals surface area contributed by atoms with Crippen LogP contribution in [0, 0.1) is 6.92 Å². The number of benzene rings is 1. The minimum Gasteiger partial charge on any atom is -0.359 e. The second-order valence-electron chi connectivity index (χ2n) is 6.57. The second kappa shape index (κ2) is 8.94. The summed E-state index contributed by atoms with van der Waals surface area (Å²) in [5.41, 5.74) is 2.81. The fraction of sp³-hybridized carbons (Fsp3) is 0.238. The first-order chi connectivity index (χ1) is 13.5. The van der Waals surface area contributed by atoms with E-state index in [1.54, 1.807) is 12.4 Å². The van der Waals surface area contributed by atoms with Crippen LogP contribution in [0.25, 0.3) is 0 Å². The summed E-state index contributed by atoms with van der Waals surface area (Å²) in [5.74, 6) is 2.14. The first kappa shape index (κ1) is 19.3. The maximum Gasteiger partial charge on any atom is 0.221 e. The average Bonchev–Trinajstić information content (AvgIpc) is 2.66. The van der Waals surface area contributed by atoms with Crippen LogP contribution in [0.2, 0.25) is 0 Å². The number of likely N-dealkylation sites (N-methyl/N-ethyl adjacent to an activating group) is 1. The van der Waals surface area contributed by atoms with E-state index in [-0.39, 0.29) is 5.91 Å². The van der Waals surface area contributed by atoms with Crippen molar-refractivity contribution in [3.8, 4) is 0 Å². The molecule has 0 aliphatic heterocycles. The highest BCUT2D eigenvalue weighted by atomic mass is 16.1. The van der Waals surface area contributed by atoms with Crippen LogP contribution < -0.4 is 15.5 Å². The topological polar surface area (TPSA) is 83.0 Å². The second-order valence-corrected chi connectivity index (χ2v) is 6.57. The molecule has 0 atom stereocenters. The quantitative estimate of drug-likeness (QED) is 0.656. The Balaban J connectivity index is 1.71. The fourth-order valence-electron chi connectivity index (χ4n) is 2.80. The van der Waals surface area contributed by atoms with E-state index in [1.807, 2.05) is 56.4 Å². The first-order valence-corrected chi connectivity index (χ1v) is 9.10. The molecule has 144 valence electrons. The van der Waals surface area contributed by atoms with Crippen molar-refractivity contribution in [2.75, 3.05) is 29.1 Å². The molecule has 3 aromatic rings. The van der Waals surface area contributed by atoms with Gasteiger partial charge in [-0.25, -0.2) is 9.97 Å². The molecule has 0 radical (unpaired) electrons. The van der Waals surface area contributed by atoms with Gasteiger partial charge in [-0.05, 0) is 49.2 Å². The predicted molar refractivity (Wildman–Crippen MR) is 112 cm³/mol. The molecule has 0 unspecified atom stereocenters. The number of carbonyl (C=O) groups is 1. The number of carbonyl (C=O) groups excluding carboxylic acids is 1. The standard InChI is InChI=1S/C21H24N6O/c1-15-23-20(26-19-6-4-5-18(13-19)25-16(2)28)14-21(24-15)27(3)12-9-17-7-10-22-11-8-17/h4-8,10-11,13-14H,9,12H2,1-3H3,(H,25,28)(H,23,24,26).